The summed E-state index contributed by atoms with van der Waals surface area (Å²) in [7, 11) is 0. The fourth-order valence-corrected chi connectivity index (χ4v) is 2.62. The van der Waals surface area contributed by atoms with Gasteiger partial charge in [0, 0.05) is 16.9 Å². The van der Waals surface area contributed by atoms with E-state index >= 15 is 0 Å². The third-order valence-corrected chi connectivity index (χ3v) is 3.82. The molecule has 0 saturated heterocycles. The molecule has 0 saturated carbocycles. The lowest BCUT2D eigenvalue weighted by molar-refractivity contribution is 0.447. The zero-order chi connectivity index (χ0) is 16.3. The Labute approximate surface area is 137 Å². The van der Waals surface area contributed by atoms with Crippen LogP contribution in [-0.4, -0.2) is 4.98 Å². The Kier molecular flexibility index (Phi) is 7.21. The Hall–Kier alpha value is -2.26. The first kappa shape index (κ1) is 17.1. The van der Waals surface area contributed by atoms with E-state index < -0.39 is 0 Å². The molecule has 1 heterocycles. The van der Waals surface area contributed by atoms with Crippen molar-refractivity contribution in [3.63, 3.8) is 0 Å². The number of hydrogen-bond acceptors (Lipinski definition) is 3. The van der Waals surface area contributed by atoms with Crippen LogP contribution in [0.3, 0.4) is 0 Å². The molecule has 0 N–H and O–H groups in total. The molecule has 0 spiro atoms. The summed E-state index contributed by atoms with van der Waals surface area (Å²) in [6.45, 7) is 2.39. The zero-order valence-electron chi connectivity index (χ0n) is 13.7. The SMILES string of the molecule is CCCCCCCCc1oc(CN=[N+]=[N-])nc1-c1ccccc1. The zero-order valence-corrected chi connectivity index (χ0v) is 13.7. The molecule has 0 unspecified atom stereocenters. The molecule has 2 rings (SSSR count). The van der Waals surface area contributed by atoms with Crippen LogP contribution in [0.25, 0.3) is 21.7 Å². The van der Waals surface area contributed by atoms with Crippen molar-refractivity contribution < 1.29 is 4.42 Å². The third-order valence-electron chi connectivity index (χ3n) is 3.82. The predicted octanol–water partition coefficient (Wildman–Crippen LogP) is 6.05. The molecule has 1 aromatic carbocycles. The van der Waals surface area contributed by atoms with Crippen molar-refractivity contribution in [2.24, 2.45) is 5.11 Å². The summed E-state index contributed by atoms with van der Waals surface area (Å²) in [4.78, 5) is 7.29. The van der Waals surface area contributed by atoms with E-state index in [0.717, 1.165) is 29.9 Å². The van der Waals surface area contributed by atoms with Gasteiger partial charge in [0.1, 0.15) is 18.0 Å². The van der Waals surface area contributed by atoms with Gasteiger partial charge in [-0.05, 0) is 12.0 Å². The number of unbranched alkanes of at least 4 members (excludes halogenated alkanes) is 5. The number of aryl methyl sites for hydroxylation is 1. The van der Waals surface area contributed by atoms with E-state index in [4.69, 9.17) is 9.95 Å². The van der Waals surface area contributed by atoms with Crippen LogP contribution in [0.2, 0.25) is 0 Å². The monoisotopic (exact) mass is 312 g/mol. The van der Waals surface area contributed by atoms with Crippen LogP contribution in [-0.2, 0) is 13.0 Å². The van der Waals surface area contributed by atoms with Crippen LogP contribution in [0, 0.1) is 0 Å². The summed E-state index contributed by atoms with van der Waals surface area (Å²) >= 11 is 0. The molecule has 5 heteroatoms. The fraction of sp³-hybridized carbons (Fsp3) is 0.500. The van der Waals surface area contributed by atoms with Crippen molar-refractivity contribution in [3.8, 4) is 11.3 Å². The van der Waals surface area contributed by atoms with Crippen LogP contribution in [0.5, 0.6) is 0 Å². The number of hydrogen-bond donors (Lipinski definition) is 0. The third kappa shape index (κ3) is 5.46. The summed E-state index contributed by atoms with van der Waals surface area (Å²) in [5.74, 6) is 1.39. The highest BCUT2D eigenvalue weighted by Crippen LogP contribution is 2.26. The molecule has 0 fully saturated rings. The van der Waals surface area contributed by atoms with Gasteiger partial charge in [-0.3, -0.25) is 0 Å². The summed E-state index contributed by atoms with van der Waals surface area (Å²) in [5.41, 5.74) is 10.4. The van der Waals surface area contributed by atoms with E-state index in [0.29, 0.717) is 5.89 Å². The van der Waals surface area contributed by atoms with Gasteiger partial charge in [-0.15, -0.1) is 0 Å². The van der Waals surface area contributed by atoms with Crippen LogP contribution in [0.4, 0.5) is 0 Å². The second-order valence-corrected chi connectivity index (χ2v) is 5.65. The molecular formula is C18H24N4O. The largest absolute Gasteiger partial charge is 0.445 e. The maximum atomic E-state index is 8.45. The van der Waals surface area contributed by atoms with E-state index in [9.17, 15) is 0 Å². The number of rotatable bonds is 10. The Morgan fingerprint density at radius 2 is 1.83 bits per heavy atom. The van der Waals surface area contributed by atoms with E-state index in [1.54, 1.807) is 0 Å². The van der Waals surface area contributed by atoms with Crippen molar-refractivity contribution >= 4 is 0 Å². The van der Waals surface area contributed by atoms with Crippen molar-refractivity contribution in [1.82, 2.24) is 4.98 Å². The minimum absolute atomic E-state index is 0.160. The molecule has 0 radical (unpaired) electrons. The predicted molar refractivity (Wildman–Crippen MR) is 91.9 cm³/mol. The summed E-state index contributed by atoms with van der Waals surface area (Å²) in [6, 6.07) is 10.0. The van der Waals surface area contributed by atoms with E-state index in [1.165, 1.54) is 32.1 Å². The number of aromatic nitrogens is 1. The topological polar surface area (TPSA) is 74.8 Å². The molecule has 0 bridgehead atoms. The molecule has 122 valence electrons. The average Bonchev–Trinajstić information content (AvgIpc) is 3.00. The highest BCUT2D eigenvalue weighted by atomic mass is 16.4. The number of benzene rings is 1. The highest BCUT2D eigenvalue weighted by Gasteiger charge is 2.14. The lowest BCUT2D eigenvalue weighted by Crippen LogP contribution is -1.88. The first-order valence-electron chi connectivity index (χ1n) is 8.40. The molecule has 23 heavy (non-hydrogen) atoms. The Morgan fingerprint density at radius 1 is 1.09 bits per heavy atom. The molecule has 0 aliphatic heterocycles. The van der Waals surface area contributed by atoms with Crippen LogP contribution < -0.4 is 0 Å². The van der Waals surface area contributed by atoms with Gasteiger partial charge in [0.05, 0.1) is 0 Å². The van der Waals surface area contributed by atoms with E-state index in [1.807, 2.05) is 30.3 Å². The Bertz CT molecular complexity index is 630. The molecule has 0 aliphatic carbocycles. The maximum Gasteiger partial charge on any atom is 0.200 e. The van der Waals surface area contributed by atoms with Gasteiger partial charge in [0.2, 0.25) is 5.89 Å². The number of nitrogens with zero attached hydrogens (tertiary/aromatic N) is 4. The molecule has 0 amide bonds. The highest BCUT2D eigenvalue weighted by molar-refractivity contribution is 5.61. The lowest BCUT2D eigenvalue weighted by atomic mass is 10.1. The summed E-state index contributed by atoms with van der Waals surface area (Å²) < 4.78 is 5.82. The molecule has 1 aromatic heterocycles. The van der Waals surface area contributed by atoms with Gasteiger partial charge in [-0.2, -0.15) is 0 Å². The number of oxazole rings is 1. The van der Waals surface area contributed by atoms with Gasteiger partial charge >= 0.3 is 0 Å². The van der Waals surface area contributed by atoms with Gasteiger partial charge in [-0.25, -0.2) is 4.98 Å². The summed E-state index contributed by atoms with van der Waals surface area (Å²) in [6.07, 6.45) is 8.34. The first-order valence-corrected chi connectivity index (χ1v) is 8.40. The number of azide groups is 1. The van der Waals surface area contributed by atoms with Gasteiger partial charge < -0.3 is 4.42 Å². The Balaban J connectivity index is 2.03. The molecular weight excluding hydrogens is 288 g/mol. The van der Waals surface area contributed by atoms with Crippen LogP contribution in [0.1, 0.15) is 57.1 Å². The van der Waals surface area contributed by atoms with E-state index in [2.05, 4.69) is 21.9 Å². The summed E-state index contributed by atoms with van der Waals surface area (Å²) in [5, 5.41) is 3.54. The maximum absolute atomic E-state index is 8.45. The quantitative estimate of drug-likeness (QED) is 0.231. The molecule has 0 aliphatic rings. The van der Waals surface area contributed by atoms with Crippen LogP contribution >= 0.6 is 0 Å². The fourth-order valence-electron chi connectivity index (χ4n) is 2.62. The van der Waals surface area contributed by atoms with Gasteiger partial charge in [0.15, 0.2) is 0 Å². The normalized spacial score (nSPS) is 10.5. The average molecular weight is 312 g/mol. The van der Waals surface area contributed by atoms with Crippen molar-refractivity contribution in [2.75, 3.05) is 0 Å². The molecule has 2 aromatic rings. The van der Waals surface area contributed by atoms with Crippen molar-refractivity contribution in [3.05, 3.63) is 52.4 Å². The molecule has 5 nitrogen and oxygen atoms in total. The lowest BCUT2D eigenvalue weighted by Gasteiger charge is -2.02. The minimum atomic E-state index is 0.160. The van der Waals surface area contributed by atoms with Crippen LogP contribution in [0.15, 0.2) is 39.9 Å². The standard InChI is InChI=1S/C18H24N4O/c1-2-3-4-5-6-10-13-16-18(15-11-8-7-9-12-15)21-17(23-16)14-20-22-19/h7-9,11-12H,2-6,10,13-14H2,1H3. The minimum Gasteiger partial charge on any atom is -0.445 e. The second kappa shape index (κ2) is 9.70. The second-order valence-electron chi connectivity index (χ2n) is 5.65. The molecule has 0 atom stereocenters. The first-order chi connectivity index (χ1) is 11.3. The van der Waals surface area contributed by atoms with Crippen molar-refractivity contribution in [1.29, 1.82) is 0 Å². The van der Waals surface area contributed by atoms with Crippen molar-refractivity contribution in [2.45, 2.75) is 58.4 Å². The van der Waals surface area contributed by atoms with Gasteiger partial charge in [0.25, 0.3) is 0 Å². The van der Waals surface area contributed by atoms with E-state index in [-0.39, 0.29) is 6.54 Å². The Morgan fingerprint density at radius 3 is 2.57 bits per heavy atom. The van der Waals surface area contributed by atoms with Gasteiger partial charge in [-0.1, -0.05) is 74.5 Å². The smallest absolute Gasteiger partial charge is 0.200 e.